The van der Waals surface area contributed by atoms with Gasteiger partial charge in [0.05, 0.1) is 5.71 Å². The minimum atomic E-state index is -4.67. The molecule has 1 unspecified atom stereocenters. The maximum absolute atomic E-state index is 13.4. The highest BCUT2D eigenvalue weighted by atomic mass is 35.5. The number of hydrogen-bond donors (Lipinski definition) is 1. The molecule has 0 saturated heterocycles. The molecule has 2 aromatic rings. The Kier molecular flexibility index (Phi) is 5.31. The summed E-state index contributed by atoms with van der Waals surface area (Å²) in [7, 11) is 1.33. The third-order valence-corrected chi connectivity index (χ3v) is 5.71. The summed E-state index contributed by atoms with van der Waals surface area (Å²) in [5, 5.41) is 12.8. The lowest BCUT2D eigenvalue weighted by Crippen LogP contribution is -2.18. The SMILES string of the molecule is Cc1cc(O)c(C2=NCCSC(c3c(C(F)(F)F)nn(C)c3Cl)C2)c(=O)o1. The van der Waals surface area contributed by atoms with Gasteiger partial charge in [-0.25, -0.2) is 4.79 Å². The van der Waals surface area contributed by atoms with E-state index in [1.807, 2.05) is 0 Å². The van der Waals surface area contributed by atoms with Gasteiger partial charge in [-0.3, -0.25) is 9.67 Å². The van der Waals surface area contributed by atoms with E-state index in [0.717, 1.165) is 4.68 Å². The van der Waals surface area contributed by atoms with E-state index in [1.54, 1.807) is 0 Å². The fourth-order valence-electron chi connectivity index (χ4n) is 2.92. The minimum Gasteiger partial charge on any atom is -0.507 e. The predicted molar refractivity (Wildman–Crippen MR) is 95.8 cm³/mol. The molecule has 0 amide bonds. The quantitative estimate of drug-likeness (QED) is 0.799. The van der Waals surface area contributed by atoms with Gasteiger partial charge in [0.15, 0.2) is 5.69 Å². The number of aliphatic imine (C=N–C) groups is 1. The second-order valence-corrected chi connectivity index (χ2v) is 7.64. The highest BCUT2D eigenvalue weighted by Crippen LogP contribution is 2.45. The summed E-state index contributed by atoms with van der Waals surface area (Å²) in [4.78, 5) is 16.4. The van der Waals surface area contributed by atoms with Crippen LogP contribution in [-0.2, 0) is 13.2 Å². The Morgan fingerprint density at radius 2 is 2.15 bits per heavy atom. The van der Waals surface area contributed by atoms with Gasteiger partial charge in [0.25, 0.3) is 0 Å². The van der Waals surface area contributed by atoms with E-state index < -0.39 is 22.7 Å². The number of hydrogen-bond acceptors (Lipinski definition) is 6. The third-order valence-electron chi connectivity index (χ3n) is 4.04. The Morgan fingerprint density at radius 1 is 1.44 bits per heavy atom. The summed E-state index contributed by atoms with van der Waals surface area (Å²) >= 11 is 7.34. The van der Waals surface area contributed by atoms with Gasteiger partial charge in [0.2, 0.25) is 0 Å². The van der Waals surface area contributed by atoms with Crippen molar-refractivity contribution in [3.63, 3.8) is 0 Å². The fourth-order valence-corrected chi connectivity index (χ4v) is 4.39. The molecular weight excluding hydrogens is 407 g/mol. The second-order valence-electron chi connectivity index (χ2n) is 5.97. The summed E-state index contributed by atoms with van der Waals surface area (Å²) in [5.74, 6) is 0.326. The second kappa shape index (κ2) is 7.23. The van der Waals surface area contributed by atoms with Crippen molar-refractivity contribution in [3.8, 4) is 5.75 Å². The zero-order valence-corrected chi connectivity index (χ0v) is 15.9. The highest BCUT2D eigenvalue weighted by molar-refractivity contribution is 7.99. The first-order valence-electron chi connectivity index (χ1n) is 7.88. The summed E-state index contributed by atoms with van der Waals surface area (Å²) < 4.78 is 46.2. The van der Waals surface area contributed by atoms with Crippen molar-refractivity contribution in [1.29, 1.82) is 0 Å². The molecule has 0 fully saturated rings. The monoisotopic (exact) mass is 421 g/mol. The van der Waals surface area contributed by atoms with Crippen LogP contribution in [0.4, 0.5) is 13.2 Å². The molecule has 2 aromatic heterocycles. The van der Waals surface area contributed by atoms with Crippen molar-refractivity contribution in [2.24, 2.45) is 12.0 Å². The standard InChI is InChI=1S/C16H15ClF3N3O3S/c1-7-5-9(24)11(15(25)26-7)8-6-10(27-4-3-21-8)12-13(16(18,19)20)22-23(2)14(12)17/h5,10,24H,3-4,6H2,1-2H3. The van der Waals surface area contributed by atoms with E-state index in [1.165, 1.54) is 31.8 Å². The van der Waals surface area contributed by atoms with E-state index in [-0.39, 0.29) is 46.5 Å². The average Bonchev–Trinajstić information content (AvgIpc) is 2.71. The maximum atomic E-state index is 13.4. The van der Waals surface area contributed by atoms with Gasteiger partial charge in [0, 0.05) is 42.6 Å². The lowest BCUT2D eigenvalue weighted by molar-refractivity contribution is -0.142. The molecule has 1 aliphatic heterocycles. The Bertz CT molecular complexity index is 968. The minimum absolute atomic E-state index is 0.0272. The van der Waals surface area contributed by atoms with Crippen LogP contribution in [0.3, 0.4) is 0 Å². The first-order chi connectivity index (χ1) is 12.6. The van der Waals surface area contributed by atoms with Crippen LogP contribution in [0.2, 0.25) is 5.15 Å². The van der Waals surface area contributed by atoms with Crippen LogP contribution in [-0.4, -0.2) is 32.9 Å². The van der Waals surface area contributed by atoms with E-state index in [0.29, 0.717) is 5.75 Å². The normalized spacial score (nSPS) is 18.3. The first kappa shape index (κ1) is 19.8. The maximum Gasteiger partial charge on any atom is 0.435 e. The van der Waals surface area contributed by atoms with Crippen LogP contribution in [0.15, 0.2) is 20.3 Å². The van der Waals surface area contributed by atoms with Crippen LogP contribution in [0.1, 0.15) is 34.3 Å². The summed E-state index contributed by atoms with van der Waals surface area (Å²) in [6, 6.07) is 1.27. The molecule has 11 heteroatoms. The predicted octanol–water partition coefficient (Wildman–Crippen LogP) is 3.73. The van der Waals surface area contributed by atoms with Crippen molar-refractivity contribution in [2.75, 3.05) is 12.3 Å². The van der Waals surface area contributed by atoms with E-state index in [9.17, 15) is 23.1 Å². The van der Waals surface area contributed by atoms with Crippen molar-refractivity contribution in [3.05, 3.63) is 44.2 Å². The van der Waals surface area contributed by atoms with Gasteiger partial charge >= 0.3 is 11.8 Å². The molecule has 0 radical (unpaired) electrons. The number of halogens is 4. The Balaban J connectivity index is 2.07. The number of alkyl halides is 3. The number of nitrogens with zero attached hydrogens (tertiary/aromatic N) is 3. The van der Waals surface area contributed by atoms with Gasteiger partial charge < -0.3 is 9.52 Å². The largest absolute Gasteiger partial charge is 0.507 e. The summed E-state index contributed by atoms with van der Waals surface area (Å²) in [5.41, 5.74) is -1.95. The molecule has 3 rings (SSSR count). The molecule has 1 aliphatic rings. The Hall–Kier alpha value is -1.94. The molecule has 146 valence electrons. The fraction of sp³-hybridized carbons (Fsp3) is 0.438. The van der Waals surface area contributed by atoms with E-state index in [4.69, 9.17) is 16.0 Å². The topological polar surface area (TPSA) is 80.6 Å². The number of aryl methyl sites for hydroxylation is 2. The van der Waals surface area contributed by atoms with Crippen LogP contribution in [0.25, 0.3) is 0 Å². The van der Waals surface area contributed by atoms with E-state index in [2.05, 4.69) is 10.1 Å². The molecule has 27 heavy (non-hydrogen) atoms. The zero-order chi connectivity index (χ0) is 19.9. The first-order valence-corrected chi connectivity index (χ1v) is 9.31. The van der Waals surface area contributed by atoms with Crippen LogP contribution in [0, 0.1) is 6.92 Å². The number of aromatic hydroxyl groups is 1. The molecule has 0 aliphatic carbocycles. The number of aromatic nitrogens is 2. The van der Waals surface area contributed by atoms with Crippen LogP contribution in [0.5, 0.6) is 5.75 Å². The molecule has 0 aromatic carbocycles. The van der Waals surface area contributed by atoms with Gasteiger partial charge in [-0.1, -0.05) is 11.6 Å². The van der Waals surface area contributed by atoms with Gasteiger partial charge in [0.1, 0.15) is 22.2 Å². The van der Waals surface area contributed by atoms with E-state index >= 15 is 0 Å². The number of rotatable bonds is 2. The molecule has 1 atom stereocenters. The molecule has 1 N–H and O–H groups in total. The van der Waals surface area contributed by atoms with Gasteiger partial charge in [-0.05, 0) is 6.92 Å². The molecule has 0 bridgehead atoms. The smallest absolute Gasteiger partial charge is 0.435 e. The van der Waals surface area contributed by atoms with Crippen molar-refractivity contribution in [1.82, 2.24) is 9.78 Å². The lowest BCUT2D eigenvalue weighted by Gasteiger charge is -2.17. The summed E-state index contributed by atoms with van der Waals surface area (Å²) in [6.45, 7) is 1.78. The molecule has 3 heterocycles. The molecule has 0 spiro atoms. The molecular formula is C16H15ClF3N3O3S. The van der Waals surface area contributed by atoms with Crippen LogP contribution < -0.4 is 5.63 Å². The molecule has 6 nitrogen and oxygen atoms in total. The van der Waals surface area contributed by atoms with Gasteiger partial charge in [-0.15, -0.1) is 0 Å². The van der Waals surface area contributed by atoms with Crippen molar-refractivity contribution in [2.45, 2.75) is 24.8 Å². The van der Waals surface area contributed by atoms with Crippen molar-refractivity contribution >= 4 is 29.1 Å². The Morgan fingerprint density at radius 3 is 2.78 bits per heavy atom. The van der Waals surface area contributed by atoms with Crippen LogP contribution >= 0.6 is 23.4 Å². The van der Waals surface area contributed by atoms with Gasteiger partial charge in [-0.2, -0.15) is 30.0 Å². The third kappa shape index (κ3) is 3.86. The highest BCUT2D eigenvalue weighted by Gasteiger charge is 2.41. The summed E-state index contributed by atoms with van der Waals surface area (Å²) in [6.07, 6.45) is -4.70. The lowest BCUT2D eigenvalue weighted by atomic mass is 10.0. The Labute approximate surface area is 161 Å². The molecule has 0 saturated carbocycles. The number of thioether (sulfide) groups is 1. The van der Waals surface area contributed by atoms with Crippen molar-refractivity contribution < 1.29 is 22.7 Å². The zero-order valence-electron chi connectivity index (χ0n) is 14.3. The average molecular weight is 422 g/mol.